The Hall–Kier alpha value is -1.59. The molecule has 142 valence electrons. The molecule has 1 amide bonds. The molecule has 4 aliphatic rings. The van der Waals surface area contributed by atoms with E-state index in [2.05, 4.69) is 26.8 Å². The first-order chi connectivity index (χ1) is 12.7. The average Bonchev–Trinajstić information content (AvgIpc) is 3.01. The van der Waals surface area contributed by atoms with E-state index < -0.39 is 0 Å². The molecule has 2 bridgehead atoms. The van der Waals surface area contributed by atoms with Crippen molar-refractivity contribution in [1.82, 2.24) is 14.7 Å². The molecule has 5 heteroatoms. The van der Waals surface area contributed by atoms with Gasteiger partial charge in [-0.05, 0) is 62.4 Å². The number of methoxy groups -OCH3 is 1. The molecule has 5 nitrogen and oxygen atoms in total. The van der Waals surface area contributed by atoms with Crippen LogP contribution in [-0.4, -0.2) is 73.0 Å². The minimum atomic E-state index is 0.355. The van der Waals surface area contributed by atoms with Crippen LogP contribution >= 0.6 is 0 Å². The fraction of sp³-hybridized carbons (Fsp3) is 0.667. The molecule has 4 heterocycles. The van der Waals surface area contributed by atoms with Gasteiger partial charge in [0.1, 0.15) is 5.75 Å². The van der Waals surface area contributed by atoms with Crippen molar-refractivity contribution in [3.05, 3.63) is 29.8 Å². The van der Waals surface area contributed by atoms with E-state index in [1.165, 1.54) is 24.8 Å². The zero-order valence-electron chi connectivity index (χ0n) is 15.9. The molecule has 0 N–H and O–H groups in total. The highest BCUT2D eigenvalue weighted by atomic mass is 16.5. The van der Waals surface area contributed by atoms with Crippen molar-refractivity contribution in [2.24, 2.45) is 5.92 Å². The van der Waals surface area contributed by atoms with Gasteiger partial charge in [-0.3, -0.25) is 14.6 Å². The topological polar surface area (TPSA) is 36.0 Å². The van der Waals surface area contributed by atoms with Gasteiger partial charge >= 0.3 is 0 Å². The average molecular weight is 357 g/mol. The second-order valence-electron chi connectivity index (χ2n) is 8.17. The second-order valence-corrected chi connectivity index (χ2v) is 8.17. The summed E-state index contributed by atoms with van der Waals surface area (Å²) in [7, 11) is 1.70. The summed E-state index contributed by atoms with van der Waals surface area (Å²) in [6.45, 7) is 6.85. The predicted molar refractivity (Wildman–Crippen MR) is 102 cm³/mol. The van der Waals surface area contributed by atoms with Crippen LogP contribution in [0.4, 0.5) is 0 Å². The second kappa shape index (κ2) is 7.97. The Labute approximate surface area is 156 Å². The number of hydrogen-bond donors (Lipinski definition) is 0. The number of hydrogen-bond acceptors (Lipinski definition) is 4. The molecule has 5 rings (SSSR count). The molecule has 4 aliphatic heterocycles. The third-order valence-electron chi connectivity index (χ3n) is 6.23. The summed E-state index contributed by atoms with van der Waals surface area (Å²) in [4.78, 5) is 20.0. The number of carbonyl (C=O) groups excluding carboxylic acids is 1. The molecule has 0 aromatic heterocycles. The molecule has 0 saturated carbocycles. The van der Waals surface area contributed by atoms with E-state index in [0.717, 1.165) is 51.4 Å². The van der Waals surface area contributed by atoms with E-state index >= 15 is 0 Å². The zero-order chi connectivity index (χ0) is 17.9. The zero-order valence-corrected chi connectivity index (χ0v) is 15.9. The summed E-state index contributed by atoms with van der Waals surface area (Å²) in [5.74, 6) is 1.88. The third-order valence-corrected chi connectivity index (χ3v) is 6.23. The van der Waals surface area contributed by atoms with Crippen LogP contribution in [0, 0.1) is 5.92 Å². The van der Waals surface area contributed by atoms with Crippen LogP contribution in [0.15, 0.2) is 24.3 Å². The summed E-state index contributed by atoms with van der Waals surface area (Å²) < 4.78 is 5.26. The van der Waals surface area contributed by atoms with Crippen molar-refractivity contribution >= 4 is 5.91 Å². The minimum absolute atomic E-state index is 0.355. The lowest BCUT2D eigenvalue weighted by Gasteiger charge is -2.37. The maximum atomic E-state index is 12.9. The van der Waals surface area contributed by atoms with Crippen molar-refractivity contribution in [3.63, 3.8) is 0 Å². The van der Waals surface area contributed by atoms with E-state index in [9.17, 15) is 4.79 Å². The lowest BCUT2D eigenvalue weighted by molar-refractivity contribution is -0.136. The standard InChI is InChI=1S/C21H31N3O2/c1-26-20-8-5-17(6-9-20)12-23-13-18-4-7-19(15-23)24(14-18)21(25)16-22-10-2-3-11-22/h5-6,8-9,18-19H,2-4,7,10-16H2,1H3/t18-,19+/m0/s1. The fourth-order valence-corrected chi connectivity index (χ4v) is 4.83. The number of rotatable bonds is 5. The maximum Gasteiger partial charge on any atom is 0.237 e. The number of fused-ring (bicyclic) bond motifs is 4. The molecular weight excluding hydrogens is 326 g/mol. The van der Waals surface area contributed by atoms with Crippen LogP contribution in [0.5, 0.6) is 5.75 Å². The number of piperidine rings is 1. The Morgan fingerprint density at radius 3 is 2.54 bits per heavy atom. The van der Waals surface area contributed by atoms with Crippen LogP contribution in [0.1, 0.15) is 31.2 Å². The van der Waals surface area contributed by atoms with Crippen molar-refractivity contribution in [2.75, 3.05) is 46.4 Å². The van der Waals surface area contributed by atoms with Crippen LogP contribution in [-0.2, 0) is 11.3 Å². The van der Waals surface area contributed by atoms with E-state index in [0.29, 0.717) is 24.4 Å². The first-order valence-electron chi connectivity index (χ1n) is 10.1. The number of ether oxygens (including phenoxy) is 1. The first-order valence-corrected chi connectivity index (χ1v) is 10.1. The largest absolute Gasteiger partial charge is 0.497 e. The van der Waals surface area contributed by atoms with Gasteiger partial charge in [-0.2, -0.15) is 0 Å². The minimum Gasteiger partial charge on any atom is -0.497 e. The molecule has 4 fully saturated rings. The highest BCUT2D eigenvalue weighted by Gasteiger charge is 2.37. The number of nitrogens with zero attached hydrogens (tertiary/aromatic N) is 3. The van der Waals surface area contributed by atoms with E-state index in [-0.39, 0.29) is 0 Å². The Kier molecular flexibility index (Phi) is 5.46. The van der Waals surface area contributed by atoms with Gasteiger partial charge in [0.05, 0.1) is 13.7 Å². The van der Waals surface area contributed by atoms with Crippen LogP contribution < -0.4 is 4.74 Å². The van der Waals surface area contributed by atoms with Crippen LogP contribution in [0.3, 0.4) is 0 Å². The Morgan fingerprint density at radius 1 is 1.04 bits per heavy atom. The highest BCUT2D eigenvalue weighted by Crippen LogP contribution is 2.29. The summed E-state index contributed by atoms with van der Waals surface area (Å²) in [5.41, 5.74) is 1.32. The monoisotopic (exact) mass is 357 g/mol. The van der Waals surface area contributed by atoms with Gasteiger partial charge in [-0.25, -0.2) is 0 Å². The van der Waals surface area contributed by atoms with Gasteiger partial charge in [0.25, 0.3) is 0 Å². The fourth-order valence-electron chi connectivity index (χ4n) is 4.83. The van der Waals surface area contributed by atoms with Gasteiger partial charge in [0.15, 0.2) is 0 Å². The lowest BCUT2D eigenvalue weighted by atomic mass is 9.95. The molecule has 0 unspecified atom stereocenters. The SMILES string of the molecule is COc1ccc(CN2C[C@@H]3CC[C@H](C2)N(C(=O)CN2CCCC2)C3)cc1. The van der Waals surface area contributed by atoms with Crippen molar-refractivity contribution in [1.29, 1.82) is 0 Å². The molecule has 26 heavy (non-hydrogen) atoms. The highest BCUT2D eigenvalue weighted by molar-refractivity contribution is 5.78. The van der Waals surface area contributed by atoms with Crippen LogP contribution in [0.25, 0.3) is 0 Å². The van der Waals surface area contributed by atoms with Gasteiger partial charge in [-0.15, -0.1) is 0 Å². The van der Waals surface area contributed by atoms with E-state index in [4.69, 9.17) is 4.74 Å². The maximum absolute atomic E-state index is 12.9. The van der Waals surface area contributed by atoms with Gasteiger partial charge in [0, 0.05) is 32.2 Å². The number of carbonyl (C=O) groups is 1. The molecule has 4 saturated heterocycles. The molecule has 0 radical (unpaired) electrons. The van der Waals surface area contributed by atoms with Crippen LogP contribution in [0.2, 0.25) is 0 Å². The quantitative estimate of drug-likeness (QED) is 0.810. The summed E-state index contributed by atoms with van der Waals surface area (Å²) in [6, 6.07) is 8.77. The Bertz CT molecular complexity index is 612. The molecular formula is C21H31N3O2. The van der Waals surface area contributed by atoms with Gasteiger partial charge in [-0.1, -0.05) is 12.1 Å². The summed E-state index contributed by atoms with van der Waals surface area (Å²) in [6.07, 6.45) is 4.91. The summed E-state index contributed by atoms with van der Waals surface area (Å²) >= 11 is 0. The Balaban J connectivity index is 1.38. The van der Waals surface area contributed by atoms with E-state index in [1.54, 1.807) is 7.11 Å². The van der Waals surface area contributed by atoms with Crippen molar-refractivity contribution < 1.29 is 9.53 Å². The molecule has 2 atom stereocenters. The van der Waals surface area contributed by atoms with Gasteiger partial charge < -0.3 is 9.64 Å². The number of amides is 1. The Morgan fingerprint density at radius 2 is 1.81 bits per heavy atom. The smallest absolute Gasteiger partial charge is 0.237 e. The van der Waals surface area contributed by atoms with Gasteiger partial charge in [0.2, 0.25) is 5.91 Å². The summed E-state index contributed by atoms with van der Waals surface area (Å²) in [5, 5.41) is 0. The molecule has 0 aliphatic carbocycles. The third kappa shape index (κ3) is 4.04. The number of benzene rings is 1. The predicted octanol–water partition coefficient (Wildman–Crippen LogP) is 2.21. The lowest BCUT2D eigenvalue weighted by Crippen LogP contribution is -2.50. The van der Waals surface area contributed by atoms with Crippen molar-refractivity contribution in [3.8, 4) is 5.75 Å². The normalized spacial score (nSPS) is 26.9. The molecule has 1 aromatic carbocycles. The molecule has 1 aromatic rings. The molecule has 0 spiro atoms. The van der Waals surface area contributed by atoms with E-state index in [1.807, 2.05) is 12.1 Å². The first kappa shape index (κ1) is 17.8. The number of likely N-dealkylation sites (tertiary alicyclic amines) is 1. The van der Waals surface area contributed by atoms with Crippen molar-refractivity contribution in [2.45, 2.75) is 38.3 Å².